The number of benzene rings is 2. The smallest absolute Gasteiger partial charge is 0.275 e. The molecule has 1 N–H and O–H groups in total. The molecule has 2 heterocycles. The Kier molecular flexibility index (Phi) is 2.83. The number of anilines is 1. The normalized spacial score (nSPS) is 13.6. The van der Waals surface area contributed by atoms with Crippen LogP contribution in [0.25, 0.3) is 10.9 Å². The molecule has 1 aliphatic rings. The molecule has 3 nitrogen and oxygen atoms in total. The minimum Gasteiger partial charge on any atom is -0.350 e. The van der Waals surface area contributed by atoms with Crippen molar-refractivity contribution in [3.8, 4) is 0 Å². The summed E-state index contributed by atoms with van der Waals surface area (Å²) >= 11 is 0. The molecule has 1 amide bonds. The van der Waals surface area contributed by atoms with E-state index in [1.165, 1.54) is 11.1 Å². The zero-order valence-electron chi connectivity index (χ0n) is 12.8. The third kappa shape index (κ3) is 1.86. The first-order valence-corrected chi connectivity index (χ1v) is 7.64. The summed E-state index contributed by atoms with van der Waals surface area (Å²) in [4.78, 5) is 18.2. The fraction of sp³-hybridized carbons (Fsp3) is 0.211. The maximum atomic E-state index is 13.0. The Morgan fingerprint density at radius 2 is 1.95 bits per heavy atom. The molecular weight excluding hydrogens is 272 g/mol. The van der Waals surface area contributed by atoms with Gasteiger partial charge in [0.2, 0.25) is 0 Å². The van der Waals surface area contributed by atoms with Gasteiger partial charge in [-0.3, -0.25) is 4.79 Å². The standard InChI is InChI=1S/C19H18N2O/c1-12-7-8-15-13(2)18(20-16(15)11-12)19(22)21-10-9-14-5-3-4-6-17(14)21/h3-8,11,20H,9-10H2,1-2H3. The number of aromatic nitrogens is 1. The summed E-state index contributed by atoms with van der Waals surface area (Å²) in [5.41, 5.74) is 6.26. The van der Waals surface area contributed by atoms with Crippen LogP contribution in [0.3, 0.4) is 0 Å². The molecule has 1 aromatic heterocycles. The van der Waals surface area contributed by atoms with Crippen molar-refractivity contribution in [2.24, 2.45) is 0 Å². The van der Waals surface area contributed by atoms with E-state index in [0.717, 1.165) is 35.1 Å². The number of nitrogens with one attached hydrogen (secondary N) is 1. The molecule has 0 saturated heterocycles. The summed E-state index contributed by atoms with van der Waals surface area (Å²) in [6, 6.07) is 14.4. The van der Waals surface area contributed by atoms with E-state index >= 15 is 0 Å². The Labute approximate surface area is 129 Å². The molecule has 0 unspecified atom stereocenters. The summed E-state index contributed by atoms with van der Waals surface area (Å²) in [5, 5.41) is 1.13. The zero-order valence-corrected chi connectivity index (χ0v) is 12.8. The highest BCUT2D eigenvalue weighted by atomic mass is 16.2. The molecular formula is C19H18N2O. The van der Waals surface area contributed by atoms with Gasteiger partial charge in [-0.25, -0.2) is 0 Å². The van der Waals surface area contributed by atoms with Gasteiger partial charge < -0.3 is 9.88 Å². The average Bonchev–Trinajstić information content (AvgIpc) is 3.08. The van der Waals surface area contributed by atoms with Crippen LogP contribution in [0.1, 0.15) is 27.2 Å². The van der Waals surface area contributed by atoms with E-state index in [9.17, 15) is 4.79 Å². The second kappa shape index (κ2) is 4.73. The maximum absolute atomic E-state index is 13.0. The lowest BCUT2D eigenvalue weighted by atomic mass is 10.1. The number of aromatic amines is 1. The molecule has 110 valence electrons. The van der Waals surface area contributed by atoms with Gasteiger partial charge in [-0.05, 0) is 49.1 Å². The first kappa shape index (κ1) is 13.1. The molecule has 2 aromatic carbocycles. The third-order valence-corrected chi connectivity index (χ3v) is 4.56. The maximum Gasteiger partial charge on any atom is 0.275 e. The van der Waals surface area contributed by atoms with Crippen molar-refractivity contribution >= 4 is 22.5 Å². The van der Waals surface area contributed by atoms with Gasteiger partial charge in [-0.15, -0.1) is 0 Å². The van der Waals surface area contributed by atoms with Crippen molar-refractivity contribution in [3.63, 3.8) is 0 Å². The largest absolute Gasteiger partial charge is 0.350 e. The highest BCUT2D eigenvalue weighted by Gasteiger charge is 2.27. The van der Waals surface area contributed by atoms with E-state index in [1.54, 1.807) is 0 Å². The Hall–Kier alpha value is -2.55. The Morgan fingerprint density at radius 1 is 1.14 bits per heavy atom. The molecule has 0 radical (unpaired) electrons. The second-order valence-electron chi connectivity index (χ2n) is 6.01. The van der Waals surface area contributed by atoms with Crippen LogP contribution in [0, 0.1) is 13.8 Å². The summed E-state index contributed by atoms with van der Waals surface area (Å²) in [7, 11) is 0. The molecule has 0 fully saturated rings. The van der Waals surface area contributed by atoms with Crippen LogP contribution < -0.4 is 4.90 Å². The number of aryl methyl sites for hydroxylation is 2. The van der Waals surface area contributed by atoms with Gasteiger partial charge in [0.25, 0.3) is 5.91 Å². The van der Waals surface area contributed by atoms with E-state index in [1.807, 2.05) is 30.0 Å². The van der Waals surface area contributed by atoms with Crippen LogP contribution in [-0.4, -0.2) is 17.4 Å². The number of nitrogens with zero attached hydrogens (tertiary/aromatic N) is 1. The van der Waals surface area contributed by atoms with Crippen LogP contribution >= 0.6 is 0 Å². The number of hydrogen-bond acceptors (Lipinski definition) is 1. The van der Waals surface area contributed by atoms with Gasteiger partial charge >= 0.3 is 0 Å². The molecule has 0 aliphatic carbocycles. The van der Waals surface area contributed by atoms with Crippen molar-refractivity contribution < 1.29 is 4.79 Å². The van der Waals surface area contributed by atoms with Crippen molar-refractivity contribution in [2.45, 2.75) is 20.3 Å². The molecule has 0 bridgehead atoms. The van der Waals surface area contributed by atoms with Crippen molar-refractivity contribution in [1.82, 2.24) is 4.98 Å². The topological polar surface area (TPSA) is 36.1 Å². The predicted molar refractivity (Wildman–Crippen MR) is 89.6 cm³/mol. The molecule has 1 aliphatic heterocycles. The quantitative estimate of drug-likeness (QED) is 0.723. The summed E-state index contributed by atoms with van der Waals surface area (Å²) in [6.45, 7) is 4.84. The average molecular weight is 290 g/mol. The van der Waals surface area contributed by atoms with Crippen molar-refractivity contribution in [2.75, 3.05) is 11.4 Å². The third-order valence-electron chi connectivity index (χ3n) is 4.56. The van der Waals surface area contributed by atoms with E-state index < -0.39 is 0 Å². The molecule has 22 heavy (non-hydrogen) atoms. The molecule has 3 heteroatoms. The number of rotatable bonds is 1. The first-order chi connectivity index (χ1) is 10.6. The van der Waals surface area contributed by atoms with E-state index in [2.05, 4.69) is 36.2 Å². The minimum absolute atomic E-state index is 0.0660. The highest BCUT2D eigenvalue weighted by molar-refractivity contribution is 6.10. The minimum atomic E-state index is 0.0660. The fourth-order valence-electron chi connectivity index (χ4n) is 3.35. The fourth-order valence-corrected chi connectivity index (χ4v) is 3.35. The van der Waals surface area contributed by atoms with Crippen molar-refractivity contribution in [1.29, 1.82) is 0 Å². The lowest BCUT2D eigenvalue weighted by Crippen LogP contribution is -2.29. The van der Waals surface area contributed by atoms with E-state index in [0.29, 0.717) is 5.69 Å². The molecule has 0 saturated carbocycles. The molecule has 0 atom stereocenters. The predicted octanol–water partition coefficient (Wildman–Crippen LogP) is 3.99. The molecule has 4 rings (SSSR count). The first-order valence-electron chi connectivity index (χ1n) is 7.64. The monoisotopic (exact) mass is 290 g/mol. The van der Waals surface area contributed by atoms with Crippen LogP contribution in [-0.2, 0) is 6.42 Å². The van der Waals surface area contributed by atoms with Gasteiger partial charge in [0.1, 0.15) is 5.69 Å². The van der Waals surface area contributed by atoms with Gasteiger partial charge in [0, 0.05) is 23.1 Å². The van der Waals surface area contributed by atoms with Crippen molar-refractivity contribution in [3.05, 3.63) is 64.8 Å². The van der Waals surface area contributed by atoms with Gasteiger partial charge in [0.05, 0.1) is 0 Å². The van der Waals surface area contributed by atoms with Gasteiger partial charge in [-0.1, -0.05) is 30.3 Å². The lowest BCUT2D eigenvalue weighted by molar-refractivity contribution is 0.0985. The highest BCUT2D eigenvalue weighted by Crippen LogP contribution is 2.31. The number of amides is 1. The summed E-state index contributed by atoms with van der Waals surface area (Å²) in [6.07, 6.45) is 0.931. The second-order valence-corrected chi connectivity index (χ2v) is 6.01. The zero-order chi connectivity index (χ0) is 15.3. The van der Waals surface area contributed by atoms with Crippen LogP contribution in [0.2, 0.25) is 0 Å². The summed E-state index contributed by atoms with van der Waals surface area (Å²) < 4.78 is 0. The molecule has 3 aromatic rings. The number of fused-ring (bicyclic) bond motifs is 2. The number of carbonyl (C=O) groups excluding carboxylic acids is 1. The molecule has 0 spiro atoms. The number of hydrogen-bond donors (Lipinski definition) is 1. The number of H-pyrrole nitrogens is 1. The van der Waals surface area contributed by atoms with Crippen LogP contribution in [0.15, 0.2) is 42.5 Å². The van der Waals surface area contributed by atoms with E-state index in [-0.39, 0.29) is 5.91 Å². The Balaban J connectivity index is 1.80. The Bertz CT molecular complexity index is 892. The van der Waals surface area contributed by atoms with Crippen LogP contribution in [0.5, 0.6) is 0 Å². The van der Waals surface area contributed by atoms with Gasteiger partial charge in [0.15, 0.2) is 0 Å². The SMILES string of the molecule is Cc1ccc2c(C)c(C(=O)N3CCc4ccccc43)[nH]c2c1. The van der Waals surface area contributed by atoms with Crippen LogP contribution in [0.4, 0.5) is 5.69 Å². The lowest BCUT2D eigenvalue weighted by Gasteiger charge is -2.17. The Morgan fingerprint density at radius 3 is 2.82 bits per heavy atom. The number of para-hydroxylation sites is 1. The van der Waals surface area contributed by atoms with Gasteiger partial charge in [-0.2, -0.15) is 0 Å². The number of carbonyl (C=O) groups is 1. The van der Waals surface area contributed by atoms with E-state index in [4.69, 9.17) is 0 Å². The summed E-state index contributed by atoms with van der Waals surface area (Å²) in [5.74, 6) is 0.0660.